The zero-order valence-electron chi connectivity index (χ0n) is 7.12. The van der Waals surface area contributed by atoms with Crippen molar-refractivity contribution in [2.75, 3.05) is 0 Å². The number of hydrogen-bond donors (Lipinski definition) is 1. The number of benzene rings is 1. The van der Waals surface area contributed by atoms with Crippen LogP contribution in [0.4, 0.5) is 0 Å². The molecule has 70 valence electrons. The van der Waals surface area contributed by atoms with Crippen molar-refractivity contribution in [1.82, 2.24) is 4.24 Å². The van der Waals surface area contributed by atoms with Gasteiger partial charge in [-0.2, -0.15) is 0 Å². The Morgan fingerprint density at radius 2 is 1.64 bits per heavy atom. The van der Waals surface area contributed by atoms with E-state index in [-0.39, 0.29) is 61.8 Å². The van der Waals surface area contributed by atoms with E-state index in [1.807, 2.05) is 6.92 Å². The maximum absolute atomic E-state index is 11.1. The Bertz CT molecular complexity index is 368. The standard InChI is InChI=1S/C7H8ClNO2S.Cd.Na.H/c1-6-2-4-7(5-3-6)12(10,11)9-8;;;/h2-5,9H,1H3;;;. The topological polar surface area (TPSA) is 46.2 Å². The minimum absolute atomic E-state index is 0. The van der Waals surface area contributed by atoms with E-state index < -0.39 is 10.0 Å². The molecule has 0 heterocycles. The second-order valence-corrected chi connectivity index (χ2v) is 4.49. The third-order valence-corrected chi connectivity index (χ3v) is 3.14. The van der Waals surface area contributed by atoms with Crippen LogP contribution < -0.4 is 4.24 Å². The Morgan fingerprint density at radius 1 is 1.21 bits per heavy atom. The minimum atomic E-state index is -3.50. The molecule has 1 N–H and O–H groups in total. The summed E-state index contributed by atoms with van der Waals surface area (Å²) in [4.78, 5) is 0.170. The average molecular weight is 342 g/mol. The monoisotopic (exact) mass is 343 g/mol. The van der Waals surface area contributed by atoms with Crippen LogP contribution in [0.2, 0.25) is 0 Å². The van der Waals surface area contributed by atoms with Gasteiger partial charge in [-0.05, 0) is 30.8 Å². The molecule has 0 aliphatic rings. The van der Waals surface area contributed by atoms with E-state index in [4.69, 9.17) is 11.8 Å². The van der Waals surface area contributed by atoms with E-state index >= 15 is 0 Å². The van der Waals surface area contributed by atoms with Gasteiger partial charge in [0.2, 0.25) is 0 Å². The van der Waals surface area contributed by atoms with Crippen LogP contribution in [0.25, 0.3) is 0 Å². The van der Waals surface area contributed by atoms with Gasteiger partial charge in [-0.25, -0.2) is 8.42 Å². The molecule has 0 aliphatic carbocycles. The van der Waals surface area contributed by atoms with Crippen LogP contribution in [-0.4, -0.2) is 38.0 Å². The van der Waals surface area contributed by atoms with Crippen molar-refractivity contribution >= 4 is 51.4 Å². The first kappa shape index (κ1) is 17.7. The van der Waals surface area contributed by atoms with Crippen molar-refractivity contribution in [2.45, 2.75) is 11.8 Å². The van der Waals surface area contributed by atoms with Crippen molar-refractivity contribution in [3.63, 3.8) is 0 Å². The fourth-order valence-electron chi connectivity index (χ4n) is 0.762. The number of rotatable bonds is 2. The molecule has 3 nitrogen and oxygen atoms in total. The summed E-state index contributed by atoms with van der Waals surface area (Å²) in [7, 11) is -3.50. The Balaban J connectivity index is 0. The zero-order valence-corrected chi connectivity index (χ0v) is 12.7. The summed E-state index contributed by atoms with van der Waals surface area (Å²) in [6, 6.07) is 6.42. The van der Waals surface area contributed by atoms with E-state index in [9.17, 15) is 8.42 Å². The predicted molar refractivity (Wildman–Crippen MR) is 54.5 cm³/mol. The summed E-state index contributed by atoms with van der Waals surface area (Å²) in [6.45, 7) is 1.88. The van der Waals surface area contributed by atoms with E-state index in [1.54, 1.807) is 16.4 Å². The summed E-state index contributed by atoms with van der Waals surface area (Å²) in [5.74, 6) is 0. The number of aryl methyl sites for hydroxylation is 1. The molecule has 0 atom stereocenters. The van der Waals surface area contributed by atoms with Gasteiger partial charge in [0.15, 0.2) is 0 Å². The fraction of sp³-hybridized carbons (Fsp3) is 0.143. The van der Waals surface area contributed by atoms with Crippen LogP contribution in [-0.2, 0) is 37.3 Å². The summed E-state index contributed by atoms with van der Waals surface area (Å²) in [5.41, 5.74) is 1.00. The SMILES string of the molecule is Cc1ccc(S(=O)(=O)NCl)cc1.[Cd].[NaH]. The van der Waals surface area contributed by atoms with Gasteiger partial charge in [-0.1, -0.05) is 17.7 Å². The quantitative estimate of drug-likeness (QED) is 0.638. The van der Waals surface area contributed by atoms with Crippen molar-refractivity contribution in [3.05, 3.63) is 29.8 Å². The summed E-state index contributed by atoms with van der Waals surface area (Å²) >= 11 is 5.03. The van der Waals surface area contributed by atoms with Gasteiger partial charge < -0.3 is 0 Å². The third kappa shape index (κ3) is 4.91. The van der Waals surface area contributed by atoms with Crippen LogP contribution in [0.15, 0.2) is 29.2 Å². The molecule has 0 aromatic heterocycles. The first-order chi connectivity index (χ1) is 5.56. The number of halogens is 1. The Labute approximate surface area is 131 Å². The normalized spacial score (nSPS) is 9.86. The van der Waals surface area contributed by atoms with Gasteiger partial charge in [0.25, 0.3) is 10.0 Å². The molecule has 0 amide bonds. The van der Waals surface area contributed by atoms with E-state index in [2.05, 4.69) is 0 Å². The van der Waals surface area contributed by atoms with Gasteiger partial charge in [0, 0.05) is 27.3 Å². The van der Waals surface area contributed by atoms with E-state index in [0.717, 1.165) is 5.56 Å². The van der Waals surface area contributed by atoms with Crippen LogP contribution in [0.1, 0.15) is 5.56 Å². The molecule has 0 fully saturated rings. The van der Waals surface area contributed by atoms with Gasteiger partial charge in [0.1, 0.15) is 0 Å². The molecule has 1 rings (SSSR count). The Morgan fingerprint density at radius 3 is 2.00 bits per heavy atom. The zero-order chi connectivity index (χ0) is 9.19. The number of sulfonamides is 1. The molecular weight excluding hydrogens is 333 g/mol. The molecule has 0 spiro atoms. The maximum atomic E-state index is 11.1. The molecule has 0 saturated heterocycles. The third-order valence-electron chi connectivity index (χ3n) is 1.43. The number of hydrogen-bond acceptors (Lipinski definition) is 2. The first-order valence-electron chi connectivity index (χ1n) is 3.25. The molecule has 7 heteroatoms. The Hall–Kier alpha value is 1.34. The fourth-order valence-corrected chi connectivity index (χ4v) is 1.61. The Kier molecular flexibility index (Phi) is 9.61. The van der Waals surface area contributed by atoms with E-state index in [0.29, 0.717) is 0 Å². The average Bonchev–Trinajstić information content (AvgIpc) is 2.05. The summed E-state index contributed by atoms with van der Waals surface area (Å²) in [6.07, 6.45) is 0. The van der Waals surface area contributed by atoms with E-state index in [1.165, 1.54) is 12.1 Å². The molecule has 1 aromatic rings. The van der Waals surface area contributed by atoms with Crippen LogP contribution in [0, 0.1) is 6.92 Å². The summed E-state index contributed by atoms with van der Waals surface area (Å²) < 4.78 is 23.9. The van der Waals surface area contributed by atoms with Crippen LogP contribution in [0.3, 0.4) is 0 Å². The van der Waals surface area contributed by atoms with Gasteiger partial charge in [-0.3, -0.25) is 0 Å². The second-order valence-electron chi connectivity index (χ2n) is 2.39. The molecular formula is C7H9CdClNNaO2S. The predicted octanol–water partition coefficient (Wildman–Crippen LogP) is 0.776. The molecule has 0 radical (unpaired) electrons. The number of nitrogens with one attached hydrogen (secondary N) is 1. The molecule has 1 aromatic carbocycles. The first-order valence-corrected chi connectivity index (χ1v) is 5.11. The van der Waals surface area contributed by atoms with Gasteiger partial charge in [0.05, 0.1) is 4.90 Å². The molecule has 14 heavy (non-hydrogen) atoms. The van der Waals surface area contributed by atoms with Crippen LogP contribution in [0.5, 0.6) is 0 Å². The van der Waals surface area contributed by atoms with Gasteiger partial charge in [-0.15, -0.1) is 4.24 Å². The molecule has 0 unspecified atom stereocenters. The van der Waals surface area contributed by atoms with Crippen LogP contribution >= 0.6 is 11.8 Å². The van der Waals surface area contributed by atoms with Crippen molar-refractivity contribution in [3.8, 4) is 0 Å². The van der Waals surface area contributed by atoms with Gasteiger partial charge >= 0.3 is 29.6 Å². The molecule has 0 aliphatic heterocycles. The van der Waals surface area contributed by atoms with Crippen molar-refractivity contribution in [2.24, 2.45) is 0 Å². The molecule has 0 saturated carbocycles. The second kappa shape index (κ2) is 7.59. The summed E-state index contributed by atoms with van der Waals surface area (Å²) in [5, 5.41) is 0. The van der Waals surface area contributed by atoms with Crippen molar-refractivity contribution in [1.29, 1.82) is 0 Å². The molecule has 0 bridgehead atoms. The van der Waals surface area contributed by atoms with Crippen molar-refractivity contribution < 1.29 is 35.7 Å².